The van der Waals surface area contributed by atoms with E-state index in [1.807, 2.05) is 0 Å². The molecule has 1 aromatic heterocycles. The summed E-state index contributed by atoms with van der Waals surface area (Å²) < 4.78 is 5.25. The molecule has 0 spiro atoms. The molecule has 0 aliphatic carbocycles. The molecule has 0 fully saturated rings. The average Bonchev–Trinajstić information content (AvgIpc) is 2.59. The zero-order valence-electron chi connectivity index (χ0n) is 7.79. The van der Waals surface area contributed by atoms with Crippen LogP contribution in [0.5, 0.6) is 0 Å². The number of hydrogen-bond donors (Lipinski definition) is 1. The van der Waals surface area contributed by atoms with Gasteiger partial charge in [0.25, 0.3) is 0 Å². The van der Waals surface area contributed by atoms with E-state index in [1.54, 1.807) is 0 Å². The second-order valence-electron chi connectivity index (χ2n) is 3.31. The van der Waals surface area contributed by atoms with Crippen LogP contribution in [0.4, 0.5) is 0 Å². The molecule has 3 nitrogen and oxygen atoms in total. The van der Waals surface area contributed by atoms with E-state index in [9.17, 15) is 0 Å². The lowest BCUT2D eigenvalue weighted by Crippen LogP contribution is -2.29. The maximum Gasteiger partial charge on any atom is 0.142 e. The Morgan fingerprint density at radius 2 is 2.46 bits per heavy atom. The van der Waals surface area contributed by atoms with Crippen LogP contribution in [0.15, 0.2) is 4.52 Å². The first kappa shape index (κ1) is 9.09. The zero-order valence-corrected chi connectivity index (χ0v) is 8.68. The largest absolute Gasteiger partial charge is 0.361 e. The third kappa shape index (κ3) is 1.60. The molecule has 1 aliphatic heterocycles. The minimum absolute atomic E-state index is 0.677. The molecular formula is C9H14N2OS. The lowest BCUT2D eigenvalue weighted by atomic mass is 10.1. The first-order valence-corrected chi connectivity index (χ1v) is 5.28. The van der Waals surface area contributed by atoms with Gasteiger partial charge < -0.3 is 4.52 Å². The van der Waals surface area contributed by atoms with Gasteiger partial charge in [-0.3, -0.25) is 4.90 Å². The van der Waals surface area contributed by atoms with Crippen LogP contribution in [0.25, 0.3) is 0 Å². The summed E-state index contributed by atoms with van der Waals surface area (Å²) >= 11 is 4.23. The van der Waals surface area contributed by atoms with Crippen LogP contribution in [0.3, 0.4) is 0 Å². The van der Waals surface area contributed by atoms with E-state index in [1.165, 1.54) is 5.56 Å². The summed E-state index contributed by atoms with van der Waals surface area (Å²) in [6, 6.07) is 0. The molecular weight excluding hydrogens is 184 g/mol. The quantitative estimate of drug-likeness (QED) is 0.730. The predicted octanol–water partition coefficient (Wildman–Crippen LogP) is 1.48. The fraction of sp³-hybridized carbons (Fsp3) is 0.667. The molecule has 13 heavy (non-hydrogen) atoms. The molecule has 1 aliphatic rings. The van der Waals surface area contributed by atoms with E-state index >= 15 is 0 Å². The van der Waals surface area contributed by atoms with Gasteiger partial charge in [-0.15, -0.1) is 0 Å². The summed E-state index contributed by atoms with van der Waals surface area (Å²) in [4.78, 5) is 2.40. The second kappa shape index (κ2) is 3.72. The number of nitrogens with zero attached hydrogens (tertiary/aromatic N) is 2. The van der Waals surface area contributed by atoms with E-state index in [2.05, 4.69) is 29.6 Å². The van der Waals surface area contributed by atoms with Gasteiger partial charge in [0.1, 0.15) is 5.76 Å². The Morgan fingerprint density at radius 3 is 3.15 bits per heavy atom. The third-order valence-electron chi connectivity index (χ3n) is 2.58. The number of rotatable bonds is 2. The highest BCUT2D eigenvalue weighted by atomic mass is 32.1. The van der Waals surface area contributed by atoms with Gasteiger partial charge in [-0.1, -0.05) is 12.1 Å². The van der Waals surface area contributed by atoms with E-state index < -0.39 is 0 Å². The molecule has 4 heteroatoms. The van der Waals surface area contributed by atoms with Crippen LogP contribution >= 0.6 is 12.6 Å². The van der Waals surface area contributed by atoms with Crippen LogP contribution < -0.4 is 0 Å². The van der Waals surface area contributed by atoms with Crippen molar-refractivity contribution in [3.63, 3.8) is 0 Å². The Labute approximate surface area is 83.5 Å². The summed E-state index contributed by atoms with van der Waals surface area (Å²) in [6.07, 6.45) is 0.990. The fourth-order valence-corrected chi connectivity index (χ4v) is 1.96. The van der Waals surface area contributed by atoms with Crippen LogP contribution in [0.1, 0.15) is 23.9 Å². The van der Waals surface area contributed by atoms with Crippen molar-refractivity contribution < 1.29 is 4.52 Å². The van der Waals surface area contributed by atoms with Crippen molar-refractivity contribution in [3.05, 3.63) is 17.0 Å². The highest BCUT2D eigenvalue weighted by molar-refractivity contribution is 7.79. The van der Waals surface area contributed by atoms with Crippen LogP contribution in [-0.4, -0.2) is 23.1 Å². The van der Waals surface area contributed by atoms with Gasteiger partial charge in [0, 0.05) is 30.8 Å². The van der Waals surface area contributed by atoms with Gasteiger partial charge in [0.05, 0.1) is 5.69 Å². The lowest BCUT2D eigenvalue weighted by molar-refractivity contribution is 0.247. The summed E-state index contributed by atoms with van der Waals surface area (Å²) in [5.74, 6) is 1.74. The van der Waals surface area contributed by atoms with Gasteiger partial charge in [-0.25, -0.2) is 0 Å². The Hall–Kier alpha value is -0.480. The van der Waals surface area contributed by atoms with Crippen molar-refractivity contribution >= 4 is 12.6 Å². The molecule has 0 atom stereocenters. The minimum Gasteiger partial charge on any atom is -0.361 e. The Kier molecular flexibility index (Phi) is 2.60. The van der Waals surface area contributed by atoms with Gasteiger partial charge in [-0.2, -0.15) is 12.6 Å². The minimum atomic E-state index is 0.677. The van der Waals surface area contributed by atoms with Crippen molar-refractivity contribution in [2.24, 2.45) is 0 Å². The topological polar surface area (TPSA) is 29.3 Å². The van der Waals surface area contributed by atoms with Crippen molar-refractivity contribution in [2.75, 3.05) is 13.1 Å². The normalized spacial score (nSPS) is 17.4. The molecule has 1 aromatic rings. The SMILES string of the molecule is CCN1CCc2onc(CS)c2C1. The van der Waals surface area contributed by atoms with Crippen molar-refractivity contribution in [2.45, 2.75) is 25.6 Å². The number of thiol groups is 1. The maximum atomic E-state index is 5.25. The molecule has 0 bridgehead atoms. The van der Waals surface area contributed by atoms with Gasteiger partial charge >= 0.3 is 0 Å². The van der Waals surface area contributed by atoms with Crippen LogP contribution in [0, 0.1) is 0 Å². The molecule has 0 aromatic carbocycles. The molecule has 0 N–H and O–H groups in total. The molecule has 0 radical (unpaired) electrons. The Bertz CT molecular complexity index is 284. The summed E-state index contributed by atoms with van der Waals surface area (Å²) in [5.41, 5.74) is 2.28. The monoisotopic (exact) mass is 198 g/mol. The highest BCUT2D eigenvalue weighted by Crippen LogP contribution is 2.22. The van der Waals surface area contributed by atoms with Gasteiger partial charge in [0.15, 0.2) is 0 Å². The van der Waals surface area contributed by atoms with E-state index in [0.29, 0.717) is 5.75 Å². The van der Waals surface area contributed by atoms with E-state index in [4.69, 9.17) is 4.52 Å². The fourth-order valence-electron chi connectivity index (χ4n) is 1.71. The number of hydrogen-bond acceptors (Lipinski definition) is 4. The van der Waals surface area contributed by atoms with Crippen LogP contribution in [-0.2, 0) is 18.7 Å². The number of likely N-dealkylation sites (N-methyl/N-ethyl adjacent to an activating group) is 1. The van der Waals surface area contributed by atoms with Crippen molar-refractivity contribution in [1.82, 2.24) is 10.1 Å². The van der Waals surface area contributed by atoms with E-state index in [-0.39, 0.29) is 0 Å². The summed E-state index contributed by atoms with van der Waals surface area (Å²) in [5, 5.41) is 4.01. The first-order valence-electron chi connectivity index (χ1n) is 4.64. The number of fused-ring (bicyclic) bond motifs is 1. The third-order valence-corrected chi connectivity index (χ3v) is 2.88. The molecule has 72 valence electrons. The van der Waals surface area contributed by atoms with Gasteiger partial charge in [-0.05, 0) is 6.54 Å². The summed E-state index contributed by atoms with van der Waals surface area (Å²) in [6.45, 7) is 5.34. The summed E-state index contributed by atoms with van der Waals surface area (Å²) in [7, 11) is 0. The second-order valence-corrected chi connectivity index (χ2v) is 3.62. The average molecular weight is 198 g/mol. The zero-order chi connectivity index (χ0) is 9.26. The first-order chi connectivity index (χ1) is 6.35. The molecule has 0 saturated heterocycles. The van der Waals surface area contributed by atoms with Crippen molar-refractivity contribution in [3.8, 4) is 0 Å². The van der Waals surface area contributed by atoms with Gasteiger partial charge in [0.2, 0.25) is 0 Å². The van der Waals surface area contributed by atoms with Crippen molar-refractivity contribution in [1.29, 1.82) is 0 Å². The Morgan fingerprint density at radius 1 is 1.62 bits per heavy atom. The Balaban J connectivity index is 2.25. The highest BCUT2D eigenvalue weighted by Gasteiger charge is 2.22. The molecule has 2 rings (SSSR count). The van der Waals surface area contributed by atoms with E-state index in [0.717, 1.165) is 37.5 Å². The van der Waals surface area contributed by atoms with Crippen LogP contribution in [0.2, 0.25) is 0 Å². The molecule has 0 amide bonds. The number of aromatic nitrogens is 1. The molecule has 0 saturated carbocycles. The molecule has 2 heterocycles. The molecule has 0 unspecified atom stereocenters. The smallest absolute Gasteiger partial charge is 0.142 e. The predicted molar refractivity (Wildman–Crippen MR) is 53.8 cm³/mol. The standard InChI is InChI=1S/C9H14N2OS/c1-2-11-4-3-9-7(5-11)8(6-13)10-12-9/h13H,2-6H2,1H3. The maximum absolute atomic E-state index is 5.25. The lowest BCUT2D eigenvalue weighted by Gasteiger charge is -2.24.